The van der Waals surface area contributed by atoms with Crippen LogP contribution in [0.2, 0.25) is 0 Å². The van der Waals surface area contributed by atoms with Crippen molar-refractivity contribution in [1.82, 2.24) is 4.90 Å². The van der Waals surface area contributed by atoms with Gasteiger partial charge >= 0.3 is 5.97 Å². The molecule has 0 saturated carbocycles. The number of hydrogen-bond acceptors (Lipinski definition) is 5. The first-order valence-corrected chi connectivity index (χ1v) is 8.41. The number of carboxylic acids is 1. The van der Waals surface area contributed by atoms with E-state index in [4.69, 9.17) is 4.74 Å². The number of aliphatic carboxylic acids is 1. The molecule has 3 heterocycles. The molecule has 2 saturated heterocycles. The number of likely N-dealkylation sites (tertiary alicyclic amines) is 1. The van der Waals surface area contributed by atoms with Crippen LogP contribution < -0.4 is 0 Å². The largest absolute Gasteiger partial charge is 0.481 e. The number of ether oxygens (including phenoxy) is 1. The molecule has 1 amide bonds. The SMILES string of the molecule is CC(C)N1CC23C=CC(c4ccccc4[N+](=O)[O-])(O2)C(C(=O)O)C3C1=O. The predicted molar refractivity (Wildman–Crippen MR) is 89.2 cm³/mol. The van der Waals surface area contributed by atoms with Gasteiger partial charge in [-0.1, -0.05) is 18.2 Å². The van der Waals surface area contributed by atoms with E-state index in [1.165, 1.54) is 18.2 Å². The molecule has 1 aromatic rings. The molecule has 1 N–H and O–H groups in total. The molecule has 8 nitrogen and oxygen atoms in total. The highest BCUT2D eigenvalue weighted by Gasteiger charge is 2.74. The Labute approximate surface area is 149 Å². The lowest BCUT2D eigenvalue weighted by Crippen LogP contribution is -2.44. The number of benzene rings is 1. The third-order valence-electron chi connectivity index (χ3n) is 5.67. The van der Waals surface area contributed by atoms with Gasteiger partial charge in [-0.05, 0) is 26.0 Å². The summed E-state index contributed by atoms with van der Waals surface area (Å²) in [6, 6.07) is 5.86. The number of rotatable bonds is 4. The average molecular weight is 358 g/mol. The summed E-state index contributed by atoms with van der Waals surface area (Å²) >= 11 is 0. The number of fused-ring (bicyclic) bond motifs is 1. The molecular weight excluding hydrogens is 340 g/mol. The van der Waals surface area contributed by atoms with E-state index in [-0.39, 0.29) is 29.7 Å². The summed E-state index contributed by atoms with van der Waals surface area (Å²) in [5, 5.41) is 21.4. The summed E-state index contributed by atoms with van der Waals surface area (Å²) in [6.07, 6.45) is 3.30. The Morgan fingerprint density at radius 3 is 2.69 bits per heavy atom. The van der Waals surface area contributed by atoms with Gasteiger partial charge in [0.25, 0.3) is 5.69 Å². The topological polar surface area (TPSA) is 110 Å². The van der Waals surface area contributed by atoms with Gasteiger partial charge in [-0.25, -0.2) is 0 Å². The van der Waals surface area contributed by atoms with Crippen LogP contribution in [-0.2, 0) is 19.9 Å². The first-order chi connectivity index (χ1) is 12.2. The Morgan fingerprint density at radius 2 is 2.08 bits per heavy atom. The molecule has 0 radical (unpaired) electrons. The lowest BCUT2D eigenvalue weighted by Gasteiger charge is -2.31. The van der Waals surface area contributed by atoms with Crippen LogP contribution in [0, 0.1) is 22.0 Å². The highest BCUT2D eigenvalue weighted by atomic mass is 16.6. The van der Waals surface area contributed by atoms with E-state index in [1.54, 1.807) is 23.1 Å². The van der Waals surface area contributed by atoms with Gasteiger partial charge in [0, 0.05) is 12.1 Å². The van der Waals surface area contributed by atoms with Crippen molar-refractivity contribution in [3.63, 3.8) is 0 Å². The third kappa shape index (κ3) is 1.87. The second-order valence-electron chi connectivity index (χ2n) is 7.31. The van der Waals surface area contributed by atoms with Crippen molar-refractivity contribution < 1.29 is 24.4 Å². The highest BCUT2D eigenvalue weighted by Crippen LogP contribution is 2.62. The number of nitro groups is 1. The molecule has 0 aromatic heterocycles. The fraction of sp³-hybridized carbons (Fsp3) is 0.444. The van der Waals surface area contributed by atoms with Crippen molar-refractivity contribution in [2.45, 2.75) is 31.1 Å². The van der Waals surface area contributed by atoms with E-state index in [0.717, 1.165) is 0 Å². The van der Waals surface area contributed by atoms with Crippen LogP contribution in [0.5, 0.6) is 0 Å². The number of nitro benzene ring substituents is 1. The Kier molecular flexibility index (Phi) is 3.30. The number of carboxylic acid groups (broad SMARTS) is 1. The molecule has 0 aliphatic carbocycles. The maximum Gasteiger partial charge on any atom is 0.311 e. The maximum atomic E-state index is 12.9. The van der Waals surface area contributed by atoms with Crippen LogP contribution in [-0.4, -0.2) is 45.0 Å². The van der Waals surface area contributed by atoms with Crippen LogP contribution >= 0.6 is 0 Å². The predicted octanol–water partition coefficient (Wildman–Crippen LogP) is 1.70. The van der Waals surface area contributed by atoms with Gasteiger partial charge in [0.15, 0.2) is 0 Å². The van der Waals surface area contributed by atoms with Crippen LogP contribution in [0.25, 0.3) is 0 Å². The minimum atomic E-state index is -1.51. The molecule has 4 rings (SSSR count). The summed E-state index contributed by atoms with van der Waals surface area (Å²) in [5.41, 5.74) is -2.62. The molecular formula is C18H18N2O6. The van der Waals surface area contributed by atoms with Crippen molar-refractivity contribution in [3.05, 3.63) is 52.1 Å². The fourth-order valence-electron chi connectivity index (χ4n) is 4.61. The zero-order valence-corrected chi connectivity index (χ0v) is 14.3. The van der Waals surface area contributed by atoms with E-state index in [2.05, 4.69) is 0 Å². The number of carbonyl (C=O) groups excluding carboxylic acids is 1. The number of nitrogens with zero attached hydrogens (tertiary/aromatic N) is 2. The molecule has 4 unspecified atom stereocenters. The van der Waals surface area contributed by atoms with E-state index >= 15 is 0 Å². The number of carbonyl (C=O) groups is 2. The first-order valence-electron chi connectivity index (χ1n) is 8.41. The van der Waals surface area contributed by atoms with Crippen LogP contribution in [0.3, 0.4) is 0 Å². The lowest BCUT2D eigenvalue weighted by molar-refractivity contribution is -0.386. The summed E-state index contributed by atoms with van der Waals surface area (Å²) in [6.45, 7) is 3.97. The van der Waals surface area contributed by atoms with Gasteiger partial charge in [-0.3, -0.25) is 19.7 Å². The number of amides is 1. The maximum absolute atomic E-state index is 12.9. The summed E-state index contributed by atoms with van der Waals surface area (Å²) in [7, 11) is 0. The van der Waals surface area contributed by atoms with Gasteiger partial charge in [-0.2, -0.15) is 0 Å². The second-order valence-corrected chi connectivity index (χ2v) is 7.31. The molecule has 1 aromatic carbocycles. The molecule has 136 valence electrons. The Morgan fingerprint density at radius 1 is 1.38 bits per heavy atom. The lowest BCUT2D eigenvalue weighted by atomic mass is 9.69. The Bertz CT molecular complexity index is 865. The summed E-state index contributed by atoms with van der Waals surface area (Å²) in [4.78, 5) is 37.6. The number of para-hydroxylation sites is 1. The van der Waals surface area contributed by atoms with Crippen molar-refractivity contribution in [1.29, 1.82) is 0 Å². The van der Waals surface area contributed by atoms with Crippen LogP contribution in [0.15, 0.2) is 36.4 Å². The van der Waals surface area contributed by atoms with Gasteiger partial charge in [-0.15, -0.1) is 0 Å². The van der Waals surface area contributed by atoms with Crippen LogP contribution in [0.1, 0.15) is 19.4 Å². The number of hydrogen-bond donors (Lipinski definition) is 1. The van der Waals surface area contributed by atoms with Crippen molar-refractivity contribution in [2.75, 3.05) is 6.54 Å². The molecule has 26 heavy (non-hydrogen) atoms. The fourth-order valence-corrected chi connectivity index (χ4v) is 4.61. The zero-order valence-electron chi connectivity index (χ0n) is 14.3. The van der Waals surface area contributed by atoms with Gasteiger partial charge in [0.2, 0.25) is 5.91 Å². The molecule has 2 fully saturated rings. The smallest absolute Gasteiger partial charge is 0.311 e. The van der Waals surface area contributed by atoms with Gasteiger partial charge in [0.05, 0.1) is 22.9 Å². The highest BCUT2D eigenvalue weighted by molar-refractivity contribution is 5.92. The molecule has 2 bridgehead atoms. The minimum Gasteiger partial charge on any atom is -0.481 e. The minimum absolute atomic E-state index is 0.0880. The quantitative estimate of drug-likeness (QED) is 0.498. The van der Waals surface area contributed by atoms with E-state index < -0.39 is 33.9 Å². The second kappa shape index (κ2) is 5.14. The van der Waals surface area contributed by atoms with Crippen LogP contribution in [0.4, 0.5) is 5.69 Å². The average Bonchev–Trinajstić information content (AvgIpc) is 3.20. The molecule has 3 aliphatic heterocycles. The molecule has 3 aliphatic rings. The van der Waals surface area contributed by atoms with E-state index in [0.29, 0.717) is 0 Å². The van der Waals surface area contributed by atoms with Crippen molar-refractivity contribution in [2.24, 2.45) is 11.8 Å². The molecule has 4 atom stereocenters. The van der Waals surface area contributed by atoms with E-state index in [9.17, 15) is 24.8 Å². The molecule has 1 spiro atoms. The van der Waals surface area contributed by atoms with Gasteiger partial charge < -0.3 is 14.7 Å². The monoisotopic (exact) mass is 358 g/mol. The molecule has 8 heteroatoms. The summed E-state index contributed by atoms with van der Waals surface area (Å²) in [5.74, 6) is -3.59. The van der Waals surface area contributed by atoms with E-state index in [1.807, 2.05) is 13.8 Å². The van der Waals surface area contributed by atoms with Crippen molar-refractivity contribution >= 4 is 17.6 Å². The normalized spacial score (nSPS) is 34.6. The zero-order chi connectivity index (χ0) is 18.9. The Hall–Kier alpha value is -2.74. The standard InChI is InChI=1S/C18H18N2O6/c1-10(2)19-9-17-7-8-18(26-17,14(16(22)23)13(17)15(19)21)11-5-3-4-6-12(11)20(24)25/h3-8,10,13-14H,9H2,1-2H3,(H,22,23). The third-order valence-corrected chi connectivity index (χ3v) is 5.67. The first kappa shape index (κ1) is 16.7. The summed E-state index contributed by atoms with van der Waals surface area (Å²) < 4.78 is 6.21. The Balaban J connectivity index is 1.90. The van der Waals surface area contributed by atoms with Gasteiger partial charge in [0.1, 0.15) is 17.1 Å². The van der Waals surface area contributed by atoms with Crippen molar-refractivity contribution in [3.8, 4) is 0 Å².